The van der Waals surface area contributed by atoms with E-state index in [0.717, 1.165) is 11.8 Å². The molecule has 0 saturated heterocycles. The van der Waals surface area contributed by atoms with Gasteiger partial charge in [-0.05, 0) is 30.3 Å². The van der Waals surface area contributed by atoms with Crippen molar-refractivity contribution >= 4 is 23.3 Å². The molecule has 0 amide bonds. The van der Waals surface area contributed by atoms with E-state index in [4.69, 9.17) is 10.2 Å². The first-order valence-electron chi connectivity index (χ1n) is 5.50. The Hall–Kier alpha value is -2.82. The number of rotatable bonds is 4. The minimum Gasteiger partial charge on any atom is -0.478 e. The van der Waals surface area contributed by atoms with Crippen LogP contribution in [0.15, 0.2) is 48.5 Å². The number of aromatic carboxylic acids is 2. The van der Waals surface area contributed by atoms with Crippen LogP contribution in [0.5, 0.6) is 0 Å². The van der Waals surface area contributed by atoms with Gasteiger partial charge in [-0.2, -0.15) is 0 Å². The Labute approximate surface area is 109 Å². The van der Waals surface area contributed by atoms with Gasteiger partial charge < -0.3 is 15.5 Å². The van der Waals surface area contributed by atoms with Crippen LogP contribution in [0, 0.1) is 0 Å². The van der Waals surface area contributed by atoms with Gasteiger partial charge in [0.15, 0.2) is 0 Å². The van der Waals surface area contributed by atoms with Crippen molar-refractivity contribution in [1.82, 2.24) is 0 Å². The monoisotopic (exact) mass is 257 g/mol. The molecule has 0 heterocycles. The standard InChI is InChI=1S/C14H11NO4/c16-13(17)9-6-7-12(11(8-9)14(18)19)15-10-4-2-1-3-5-10/h1-8,15H,(H,16,17)(H,18,19). The first-order valence-corrected chi connectivity index (χ1v) is 5.50. The summed E-state index contributed by atoms with van der Waals surface area (Å²) < 4.78 is 0. The topological polar surface area (TPSA) is 86.6 Å². The van der Waals surface area contributed by atoms with E-state index >= 15 is 0 Å². The van der Waals surface area contributed by atoms with Crippen molar-refractivity contribution in [3.05, 3.63) is 59.7 Å². The molecule has 0 aliphatic heterocycles. The van der Waals surface area contributed by atoms with Crippen LogP contribution in [-0.4, -0.2) is 22.2 Å². The molecule has 2 aromatic carbocycles. The summed E-state index contributed by atoms with van der Waals surface area (Å²) in [6.07, 6.45) is 0. The quantitative estimate of drug-likeness (QED) is 0.784. The fourth-order valence-electron chi connectivity index (χ4n) is 1.64. The lowest BCUT2D eigenvalue weighted by Gasteiger charge is -2.10. The molecule has 5 heteroatoms. The van der Waals surface area contributed by atoms with Crippen LogP contribution < -0.4 is 5.32 Å². The Morgan fingerprint density at radius 3 is 2.16 bits per heavy atom. The molecule has 19 heavy (non-hydrogen) atoms. The minimum absolute atomic E-state index is 0.0592. The fourth-order valence-corrected chi connectivity index (χ4v) is 1.64. The second-order valence-electron chi connectivity index (χ2n) is 3.86. The van der Waals surface area contributed by atoms with E-state index in [1.54, 1.807) is 12.1 Å². The van der Waals surface area contributed by atoms with Crippen molar-refractivity contribution in [2.75, 3.05) is 5.32 Å². The number of nitrogens with one attached hydrogen (secondary N) is 1. The predicted molar refractivity (Wildman–Crippen MR) is 70.1 cm³/mol. The van der Waals surface area contributed by atoms with Crippen molar-refractivity contribution < 1.29 is 19.8 Å². The second-order valence-corrected chi connectivity index (χ2v) is 3.86. The highest BCUT2D eigenvalue weighted by molar-refractivity contribution is 5.99. The first kappa shape index (κ1) is 12.6. The Morgan fingerprint density at radius 1 is 0.895 bits per heavy atom. The molecule has 0 atom stereocenters. The van der Waals surface area contributed by atoms with E-state index in [2.05, 4.69) is 5.32 Å². The van der Waals surface area contributed by atoms with Crippen LogP contribution in [0.1, 0.15) is 20.7 Å². The van der Waals surface area contributed by atoms with Crippen LogP contribution in [0.2, 0.25) is 0 Å². The fraction of sp³-hybridized carbons (Fsp3) is 0. The number of carboxylic acids is 2. The van der Waals surface area contributed by atoms with Gasteiger partial charge >= 0.3 is 11.9 Å². The smallest absolute Gasteiger partial charge is 0.337 e. The summed E-state index contributed by atoms with van der Waals surface area (Å²) >= 11 is 0. The second kappa shape index (κ2) is 5.22. The van der Waals surface area contributed by atoms with E-state index in [1.165, 1.54) is 12.1 Å². The van der Waals surface area contributed by atoms with Gasteiger partial charge in [0.05, 0.1) is 16.8 Å². The van der Waals surface area contributed by atoms with Crippen molar-refractivity contribution in [3.8, 4) is 0 Å². The molecule has 3 N–H and O–H groups in total. The molecule has 0 saturated carbocycles. The third kappa shape index (κ3) is 2.90. The molecular formula is C14H11NO4. The summed E-state index contributed by atoms with van der Waals surface area (Å²) in [7, 11) is 0. The molecule has 2 aromatic rings. The molecule has 0 aromatic heterocycles. The number of hydrogen-bond acceptors (Lipinski definition) is 3. The van der Waals surface area contributed by atoms with Crippen molar-refractivity contribution in [1.29, 1.82) is 0 Å². The number of anilines is 2. The molecule has 0 bridgehead atoms. The maximum atomic E-state index is 11.2. The maximum absolute atomic E-state index is 11.2. The van der Waals surface area contributed by atoms with Gasteiger partial charge in [-0.15, -0.1) is 0 Å². The minimum atomic E-state index is -1.18. The number of hydrogen-bond donors (Lipinski definition) is 3. The molecule has 5 nitrogen and oxygen atoms in total. The third-order valence-corrected chi connectivity index (χ3v) is 2.55. The number of para-hydroxylation sites is 1. The Balaban J connectivity index is 2.40. The van der Waals surface area contributed by atoms with Crippen molar-refractivity contribution in [2.24, 2.45) is 0 Å². The first-order chi connectivity index (χ1) is 9.08. The zero-order valence-electron chi connectivity index (χ0n) is 9.83. The zero-order chi connectivity index (χ0) is 13.8. The average molecular weight is 257 g/mol. The highest BCUT2D eigenvalue weighted by Gasteiger charge is 2.13. The van der Waals surface area contributed by atoms with E-state index in [9.17, 15) is 9.59 Å². The lowest BCUT2D eigenvalue weighted by molar-refractivity contribution is 0.0696. The zero-order valence-corrected chi connectivity index (χ0v) is 9.83. The summed E-state index contributed by atoms with van der Waals surface area (Å²) in [5.74, 6) is -2.34. The largest absolute Gasteiger partial charge is 0.478 e. The molecule has 0 aliphatic carbocycles. The summed E-state index contributed by atoms with van der Waals surface area (Å²) in [6, 6.07) is 13.0. The summed E-state index contributed by atoms with van der Waals surface area (Å²) in [5, 5.41) is 20.9. The SMILES string of the molecule is O=C(O)c1ccc(Nc2ccccc2)c(C(=O)O)c1. The summed E-state index contributed by atoms with van der Waals surface area (Å²) in [6.45, 7) is 0. The Morgan fingerprint density at radius 2 is 1.58 bits per heavy atom. The van der Waals surface area contributed by atoms with Crippen LogP contribution in [0.4, 0.5) is 11.4 Å². The molecule has 0 radical (unpaired) electrons. The lowest BCUT2D eigenvalue weighted by atomic mass is 10.1. The average Bonchev–Trinajstić information content (AvgIpc) is 2.39. The Bertz CT molecular complexity index is 623. The third-order valence-electron chi connectivity index (χ3n) is 2.55. The number of carbonyl (C=O) groups is 2. The molecule has 0 unspecified atom stereocenters. The molecule has 0 aliphatic rings. The number of carboxylic acid groups (broad SMARTS) is 2. The molecular weight excluding hydrogens is 246 g/mol. The van der Waals surface area contributed by atoms with Crippen LogP contribution in [0.25, 0.3) is 0 Å². The van der Waals surface area contributed by atoms with E-state index < -0.39 is 11.9 Å². The van der Waals surface area contributed by atoms with Crippen LogP contribution in [0.3, 0.4) is 0 Å². The van der Waals surface area contributed by atoms with Gasteiger partial charge in [-0.25, -0.2) is 9.59 Å². The van der Waals surface area contributed by atoms with Crippen LogP contribution >= 0.6 is 0 Å². The molecule has 0 fully saturated rings. The lowest BCUT2D eigenvalue weighted by Crippen LogP contribution is -2.06. The number of benzene rings is 2. The highest BCUT2D eigenvalue weighted by atomic mass is 16.4. The van der Waals surface area contributed by atoms with Crippen LogP contribution in [-0.2, 0) is 0 Å². The van der Waals surface area contributed by atoms with E-state index in [-0.39, 0.29) is 11.1 Å². The summed E-state index contributed by atoms with van der Waals surface area (Å²) in [5.41, 5.74) is 0.941. The van der Waals surface area contributed by atoms with Gasteiger partial charge in [-0.1, -0.05) is 18.2 Å². The van der Waals surface area contributed by atoms with Crippen molar-refractivity contribution in [3.63, 3.8) is 0 Å². The maximum Gasteiger partial charge on any atom is 0.337 e. The predicted octanol–water partition coefficient (Wildman–Crippen LogP) is 2.83. The van der Waals surface area contributed by atoms with Gasteiger partial charge in [0.25, 0.3) is 0 Å². The molecule has 2 rings (SSSR count). The summed E-state index contributed by atoms with van der Waals surface area (Å²) in [4.78, 5) is 22.0. The molecule has 0 spiro atoms. The molecule has 96 valence electrons. The van der Waals surface area contributed by atoms with E-state index in [0.29, 0.717) is 5.69 Å². The highest BCUT2D eigenvalue weighted by Crippen LogP contribution is 2.22. The van der Waals surface area contributed by atoms with Gasteiger partial charge in [0.1, 0.15) is 0 Å². The van der Waals surface area contributed by atoms with Gasteiger partial charge in [0.2, 0.25) is 0 Å². The van der Waals surface area contributed by atoms with E-state index in [1.807, 2.05) is 18.2 Å². The van der Waals surface area contributed by atoms with Gasteiger partial charge in [-0.3, -0.25) is 0 Å². The normalized spacial score (nSPS) is 9.89. The van der Waals surface area contributed by atoms with Gasteiger partial charge in [0, 0.05) is 5.69 Å². The van der Waals surface area contributed by atoms with Crippen molar-refractivity contribution in [2.45, 2.75) is 0 Å². The Kier molecular flexibility index (Phi) is 3.47.